The first-order valence-corrected chi connectivity index (χ1v) is 9.94. The maximum Gasteiger partial charge on any atom is 0.196 e. The van der Waals surface area contributed by atoms with Gasteiger partial charge in [0.1, 0.15) is 11.6 Å². The molecule has 1 aliphatic carbocycles. The number of H-pyrrole nitrogens is 1. The third-order valence-corrected chi connectivity index (χ3v) is 5.47. The van der Waals surface area contributed by atoms with Gasteiger partial charge in [-0.3, -0.25) is 0 Å². The van der Waals surface area contributed by atoms with E-state index in [2.05, 4.69) is 15.2 Å². The average Bonchev–Trinajstić information content (AvgIpc) is 3.36. The van der Waals surface area contributed by atoms with Crippen molar-refractivity contribution in [1.82, 2.24) is 19.7 Å². The molecule has 10 heteroatoms. The zero-order chi connectivity index (χ0) is 22.8. The van der Waals surface area contributed by atoms with Gasteiger partial charge >= 0.3 is 0 Å². The van der Waals surface area contributed by atoms with Gasteiger partial charge in [-0.15, -0.1) is 10.2 Å². The molecule has 0 bridgehead atoms. The lowest BCUT2D eigenvalue weighted by Crippen LogP contribution is -2.30. The largest absolute Gasteiger partial charge is 0.494 e. The van der Waals surface area contributed by atoms with Crippen molar-refractivity contribution in [2.24, 2.45) is 0 Å². The average molecular weight is 446 g/mol. The van der Waals surface area contributed by atoms with Crippen molar-refractivity contribution in [2.45, 2.75) is 38.3 Å². The Kier molecular flexibility index (Phi) is 4.44. The van der Waals surface area contributed by atoms with E-state index < -0.39 is 34.6 Å². The van der Waals surface area contributed by atoms with Crippen molar-refractivity contribution in [3.63, 3.8) is 0 Å². The summed E-state index contributed by atoms with van der Waals surface area (Å²) in [6.07, 6.45) is 3.13. The van der Waals surface area contributed by atoms with Gasteiger partial charge in [0.05, 0.1) is 5.56 Å². The summed E-state index contributed by atoms with van der Waals surface area (Å²) in [6.45, 7) is 3.09. The molecule has 0 spiro atoms. The number of benzene rings is 2. The van der Waals surface area contributed by atoms with Crippen LogP contribution in [0.4, 0.5) is 17.6 Å². The predicted molar refractivity (Wildman–Crippen MR) is 107 cm³/mol. The molecule has 0 atom stereocenters. The van der Waals surface area contributed by atoms with E-state index in [-0.39, 0.29) is 29.1 Å². The summed E-state index contributed by atoms with van der Waals surface area (Å²) in [7, 11) is 0. The molecule has 2 aromatic heterocycles. The summed E-state index contributed by atoms with van der Waals surface area (Å²) >= 11 is 0. The molecular weight excluding hydrogens is 428 g/mol. The topological polar surface area (TPSA) is 76.0 Å². The minimum atomic E-state index is -1.37. The Morgan fingerprint density at radius 3 is 2.38 bits per heavy atom. The second-order valence-electron chi connectivity index (χ2n) is 8.32. The first-order valence-electron chi connectivity index (χ1n) is 9.94. The smallest absolute Gasteiger partial charge is 0.196 e. The molecule has 1 aliphatic rings. The van der Waals surface area contributed by atoms with Gasteiger partial charge in [-0.2, -0.15) is 0 Å². The van der Waals surface area contributed by atoms with Crippen molar-refractivity contribution in [3.8, 4) is 23.0 Å². The highest BCUT2D eigenvalue weighted by Gasteiger charge is 2.39. The van der Waals surface area contributed by atoms with Gasteiger partial charge in [0.2, 0.25) is 0 Å². The van der Waals surface area contributed by atoms with E-state index in [1.54, 1.807) is 30.7 Å². The Hall–Kier alpha value is -3.56. The number of hydrogen-bond donors (Lipinski definition) is 2. The molecule has 2 aromatic carbocycles. The first kappa shape index (κ1) is 20.3. The van der Waals surface area contributed by atoms with Crippen molar-refractivity contribution in [1.29, 1.82) is 0 Å². The van der Waals surface area contributed by atoms with E-state index in [1.165, 1.54) is 6.07 Å². The zero-order valence-electron chi connectivity index (χ0n) is 17.1. The lowest BCUT2D eigenvalue weighted by atomic mass is 10.1. The van der Waals surface area contributed by atoms with E-state index >= 15 is 0 Å². The molecule has 166 valence electrons. The van der Waals surface area contributed by atoms with E-state index in [0.717, 1.165) is 12.8 Å². The Labute approximate surface area is 179 Å². The van der Waals surface area contributed by atoms with Crippen LogP contribution in [0, 0.1) is 23.3 Å². The van der Waals surface area contributed by atoms with Crippen LogP contribution in [0.2, 0.25) is 0 Å². The van der Waals surface area contributed by atoms with Gasteiger partial charge in [-0.25, -0.2) is 17.6 Å². The number of ether oxygens (including phenoxy) is 1. The molecule has 4 aromatic rings. The van der Waals surface area contributed by atoms with Crippen molar-refractivity contribution >= 4 is 10.8 Å². The SMILES string of the molecule is CC(C)(Oc1c(F)cc(F)cc1F)c1nnc(-c2cc3c[nH]c(O)c3cc2F)n1C1CC1. The van der Waals surface area contributed by atoms with Crippen LogP contribution in [0.25, 0.3) is 22.2 Å². The Balaban J connectivity index is 1.61. The highest BCUT2D eigenvalue weighted by atomic mass is 19.1. The zero-order valence-corrected chi connectivity index (χ0v) is 17.1. The maximum absolute atomic E-state index is 15.0. The molecular formula is C22H18F4N4O2. The third kappa shape index (κ3) is 3.26. The molecule has 2 N–H and O–H groups in total. The van der Waals surface area contributed by atoms with Crippen LogP contribution in [-0.2, 0) is 5.60 Å². The highest BCUT2D eigenvalue weighted by molar-refractivity contribution is 5.90. The van der Waals surface area contributed by atoms with Gasteiger partial charge in [0, 0.05) is 35.1 Å². The van der Waals surface area contributed by atoms with Crippen molar-refractivity contribution in [2.75, 3.05) is 0 Å². The Morgan fingerprint density at radius 1 is 1.03 bits per heavy atom. The minimum absolute atomic E-state index is 0.0319. The van der Waals surface area contributed by atoms with Crippen LogP contribution in [0.5, 0.6) is 11.6 Å². The van der Waals surface area contributed by atoms with E-state index in [1.807, 2.05) is 0 Å². The number of aromatic amines is 1. The third-order valence-electron chi connectivity index (χ3n) is 5.47. The summed E-state index contributed by atoms with van der Waals surface area (Å²) in [5, 5.41) is 19.0. The molecule has 1 saturated carbocycles. The normalized spacial score (nSPS) is 14.3. The van der Waals surface area contributed by atoms with Crippen LogP contribution in [0.3, 0.4) is 0 Å². The van der Waals surface area contributed by atoms with E-state index in [9.17, 15) is 22.7 Å². The van der Waals surface area contributed by atoms with Crippen molar-refractivity contribution in [3.05, 3.63) is 59.6 Å². The number of nitrogens with one attached hydrogen (secondary N) is 1. The first-order chi connectivity index (χ1) is 15.2. The predicted octanol–water partition coefficient (Wildman–Crippen LogP) is 5.34. The van der Waals surface area contributed by atoms with Gasteiger partial charge in [0.25, 0.3) is 0 Å². The van der Waals surface area contributed by atoms with Crippen LogP contribution in [-0.4, -0.2) is 24.9 Å². The fourth-order valence-electron chi connectivity index (χ4n) is 3.80. The summed E-state index contributed by atoms with van der Waals surface area (Å²) in [4.78, 5) is 2.63. The monoisotopic (exact) mass is 446 g/mol. The second-order valence-corrected chi connectivity index (χ2v) is 8.32. The molecule has 2 heterocycles. The van der Waals surface area contributed by atoms with E-state index in [0.29, 0.717) is 22.9 Å². The summed E-state index contributed by atoms with van der Waals surface area (Å²) in [5.74, 6) is -4.44. The van der Waals surface area contributed by atoms with Gasteiger partial charge < -0.3 is 19.4 Å². The minimum Gasteiger partial charge on any atom is -0.494 e. The lowest BCUT2D eigenvalue weighted by molar-refractivity contribution is 0.0822. The fraction of sp³-hybridized carbons (Fsp3) is 0.273. The summed E-state index contributed by atoms with van der Waals surface area (Å²) in [5.41, 5.74) is -1.21. The fourth-order valence-corrected chi connectivity index (χ4v) is 3.80. The number of halogens is 4. The van der Waals surface area contributed by atoms with Crippen LogP contribution >= 0.6 is 0 Å². The van der Waals surface area contributed by atoms with Gasteiger partial charge in [-0.05, 0) is 38.8 Å². The number of rotatable bonds is 5. The van der Waals surface area contributed by atoms with Gasteiger partial charge in [-0.1, -0.05) is 0 Å². The molecule has 0 aliphatic heterocycles. The number of hydrogen-bond acceptors (Lipinski definition) is 4. The Morgan fingerprint density at radius 2 is 1.72 bits per heavy atom. The Bertz CT molecular complexity index is 1330. The second kappa shape index (κ2) is 6.98. The molecule has 0 radical (unpaired) electrons. The lowest BCUT2D eigenvalue weighted by Gasteiger charge is -2.27. The molecule has 0 saturated heterocycles. The maximum atomic E-state index is 15.0. The van der Waals surface area contributed by atoms with Crippen LogP contribution in [0.15, 0.2) is 30.5 Å². The summed E-state index contributed by atoms with van der Waals surface area (Å²) < 4.78 is 63.9. The molecule has 0 unspecified atom stereocenters. The molecule has 32 heavy (non-hydrogen) atoms. The highest BCUT2D eigenvalue weighted by Crippen LogP contribution is 2.43. The quantitative estimate of drug-likeness (QED) is 0.406. The summed E-state index contributed by atoms with van der Waals surface area (Å²) in [6, 6.07) is 3.77. The van der Waals surface area contributed by atoms with Crippen LogP contribution in [0.1, 0.15) is 38.6 Å². The number of aromatic nitrogens is 4. The molecule has 5 rings (SSSR count). The van der Waals surface area contributed by atoms with Gasteiger partial charge in [0.15, 0.2) is 40.5 Å². The number of aromatic hydroxyl groups is 1. The molecule has 6 nitrogen and oxygen atoms in total. The molecule has 0 amide bonds. The standard InChI is InChI=1S/C22H18F4N4O2/c1-22(2,32-18-16(25)6-11(23)7-17(18)26)21-29-28-19(30(21)12-3-4-12)14-5-10-9-27-20(31)13(10)8-15(14)24/h5-9,12,27,31H,3-4H2,1-2H3. The van der Waals surface area contributed by atoms with Crippen molar-refractivity contribution < 1.29 is 27.4 Å². The van der Waals surface area contributed by atoms with E-state index in [4.69, 9.17) is 4.74 Å². The number of fused-ring (bicyclic) bond motifs is 1. The number of nitrogens with zero attached hydrogens (tertiary/aromatic N) is 3. The molecule has 1 fully saturated rings. The van der Waals surface area contributed by atoms with Crippen LogP contribution < -0.4 is 4.74 Å².